The van der Waals surface area contributed by atoms with Crippen LogP contribution in [0.1, 0.15) is 17.3 Å². The maximum Gasteiger partial charge on any atom is 0.201 e. The van der Waals surface area contributed by atoms with E-state index in [0.29, 0.717) is 0 Å². The molecule has 0 spiro atoms. The zero-order chi connectivity index (χ0) is 10.3. The number of benzene rings is 1. The molecule has 2 atom stereocenters. The zero-order valence-corrected chi connectivity index (χ0v) is 7.53. The largest absolute Gasteiger partial charge is 0.487 e. The fourth-order valence-electron chi connectivity index (χ4n) is 1.47. The summed E-state index contributed by atoms with van der Waals surface area (Å²) in [7, 11) is 0. The van der Waals surface area contributed by atoms with Crippen molar-refractivity contribution >= 4 is 5.78 Å². The van der Waals surface area contributed by atoms with Gasteiger partial charge in [0.05, 0.1) is 5.56 Å². The molecule has 1 aliphatic heterocycles. The van der Waals surface area contributed by atoms with Crippen LogP contribution >= 0.6 is 0 Å². The molecule has 2 rings (SSSR count). The third-order valence-corrected chi connectivity index (χ3v) is 2.25. The van der Waals surface area contributed by atoms with E-state index in [4.69, 9.17) is 4.74 Å². The molecule has 0 saturated heterocycles. The Labute approximate surface area is 80.1 Å². The lowest BCUT2D eigenvalue weighted by Crippen LogP contribution is -2.40. The van der Waals surface area contributed by atoms with Crippen molar-refractivity contribution in [3.05, 3.63) is 29.6 Å². The first-order valence-corrected chi connectivity index (χ1v) is 4.28. The minimum atomic E-state index is -1.28. The Bertz CT molecular complexity index is 389. The Morgan fingerprint density at radius 1 is 1.50 bits per heavy atom. The van der Waals surface area contributed by atoms with E-state index in [2.05, 4.69) is 0 Å². The van der Waals surface area contributed by atoms with Crippen LogP contribution in [-0.4, -0.2) is 23.1 Å². The molecule has 1 heterocycles. The van der Waals surface area contributed by atoms with E-state index in [-0.39, 0.29) is 11.3 Å². The highest BCUT2D eigenvalue weighted by Gasteiger charge is 2.34. The first-order chi connectivity index (χ1) is 6.61. The summed E-state index contributed by atoms with van der Waals surface area (Å²) in [5.41, 5.74) is -0.155. The van der Waals surface area contributed by atoms with E-state index in [0.717, 1.165) is 0 Å². The number of carbonyl (C=O) groups is 1. The quantitative estimate of drug-likeness (QED) is 0.677. The van der Waals surface area contributed by atoms with E-state index in [1.165, 1.54) is 18.2 Å². The van der Waals surface area contributed by atoms with Crippen LogP contribution < -0.4 is 4.74 Å². The maximum absolute atomic E-state index is 13.2. The molecule has 74 valence electrons. The molecule has 3 nitrogen and oxygen atoms in total. The fraction of sp³-hybridized carbons (Fsp3) is 0.300. The smallest absolute Gasteiger partial charge is 0.201 e. The van der Waals surface area contributed by atoms with Crippen LogP contribution in [0.25, 0.3) is 0 Å². The molecule has 1 aromatic carbocycles. The Balaban J connectivity index is 2.57. The second-order valence-electron chi connectivity index (χ2n) is 3.25. The van der Waals surface area contributed by atoms with Crippen LogP contribution in [0.5, 0.6) is 5.75 Å². The minimum Gasteiger partial charge on any atom is -0.487 e. The third kappa shape index (κ3) is 1.19. The van der Waals surface area contributed by atoms with Gasteiger partial charge in [0.15, 0.2) is 6.10 Å². The first kappa shape index (κ1) is 9.15. The SMILES string of the molecule is CC1Oc2cccc(F)c2C(=O)C1O. The number of ether oxygens (including phenoxy) is 1. The summed E-state index contributed by atoms with van der Waals surface area (Å²) in [5.74, 6) is -1.07. The van der Waals surface area contributed by atoms with Gasteiger partial charge in [-0.15, -0.1) is 0 Å². The monoisotopic (exact) mass is 196 g/mol. The molecule has 0 aromatic heterocycles. The number of Topliss-reactive ketones (excluding diaryl/α,β-unsaturated/α-hetero) is 1. The van der Waals surface area contributed by atoms with Gasteiger partial charge in [-0.2, -0.15) is 0 Å². The van der Waals surface area contributed by atoms with E-state index >= 15 is 0 Å². The number of ketones is 1. The second-order valence-corrected chi connectivity index (χ2v) is 3.25. The lowest BCUT2D eigenvalue weighted by molar-refractivity contribution is 0.0283. The van der Waals surface area contributed by atoms with Crippen molar-refractivity contribution < 1.29 is 19.0 Å². The molecule has 0 fully saturated rings. The summed E-state index contributed by atoms with van der Waals surface area (Å²) < 4.78 is 18.4. The van der Waals surface area contributed by atoms with Crippen LogP contribution in [0.4, 0.5) is 4.39 Å². The van der Waals surface area contributed by atoms with Gasteiger partial charge in [0.25, 0.3) is 0 Å². The normalized spacial score (nSPS) is 25.5. The summed E-state index contributed by atoms with van der Waals surface area (Å²) in [6, 6.07) is 4.15. The number of fused-ring (bicyclic) bond motifs is 1. The summed E-state index contributed by atoms with van der Waals surface area (Å²) in [6.07, 6.45) is -1.91. The number of rotatable bonds is 0. The van der Waals surface area contributed by atoms with Crippen molar-refractivity contribution in [3.8, 4) is 5.75 Å². The Morgan fingerprint density at radius 3 is 2.93 bits per heavy atom. The van der Waals surface area contributed by atoms with E-state index in [1.54, 1.807) is 6.92 Å². The van der Waals surface area contributed by atoms with Gasteiger partial charge in [0.2, 0.25) is 5.78 Å². The number of aliphatic hydroxyl groups excluding tert-OH is 1. The van der Waals surface area contributed by atoms with E-state index in [1.807, 2.05) is 0 Å². The number of halogens is 1. The molecule has 0 radical (unpaired) electrons. The molecule has 1 aromatic rings. The van der Waals surface area contributed by atoms with Gasteiger partial charge in [-0.1, -0.05) is 6.07 Å². The van der Waals surface area contributed by atoms with E-state index in [9.17, 15) is 14.3 Å². The average molecular weight is 196 g/mol. The maximum atomic E-state index is 13.2. The van der Waals surface area contributed by atoms with Gasteiger partial charge in [0.1, 0.15) is 17.7 Å². The van der Waals surface area contributed by atoms with Crippen molar-refractivity contribution in [2.75, 3.05) is 0 Å². The van der Waals surface area contributed by atoms with Crippen molar-refractivity contribution in [2.24, 2.45) is 0 Å². The van der Waals surface area contributed by atoms with Crippen molar-refractivity contribution in [3.63, 3.8) is 0 Å². The van der Waals surface area contributed by atoms with Crippen LogP contribution in [0.15, 0.2) is 18.2 Å². The van der Waals surface area contributed by atoms with Crippen LogP contribution in [0.2, 0.25) is 0 Å². The van der Waals surface area contributed by atoms with Crippen LogP contribution in [0, 0.1) is 5.82 Å². The molecular formula is C10H9FO3. The van der Waals surface area contributed by atoms with Crippen LogP contribution in [0.3, 0.4) is 0 Å². The summed E-state index contributed by atoms with van der Waals surface area (Å²) >= 11 is 0. The van der Waals surface area contributed by atoms with Gasteiger partial charge in [-0.25, -0.2) is 4.39 Å². The molecule has 4 heteroatoms. The van der Waals surface area contributed by atoms with Crippen molar-refractivity contribution in [1.82, 2.24) is 0 Å². The minimum absolute atomic E-state index is 0.155. The Morgan fingerprint density at radius 2 is 2.21 bits per heavy atom. The highest BCUT2D eigenvalue weighted by Crippen LogP contribution is 2.29. The van der Waals surface area contributed by atoms with Gasteiger partial charge in [-0.3, -0.25) is 4.79 Å². The van der Waals surface area contributed by atoms with Gasteiger partial charge >= 0.3 is 0 Å². The third-order valence-electron chi connectivity index (χ3n) is 2.25. The second kappa shape index (κ2) is 3.06. The molecular weight excluding hydrogens is 187 g/mol. The predicted octanol–water partition coefficient (Wildman–Crippen LogP) is 1.15. The van der Waals surface area contributed by atoms with Gasteiger partial charge in [-0.05, 0) is 19.1 Å². The molecule has 0 saturated carbocycles. The predicted molar refractivity (Wildman–Crippen MR) is 46.8 cm³/mol. The zero-order valence-electron chi connectivity index (χ0n) is 7.53. The average Bonchev–Trinajstić information content (AvgIpc) is 2.14. The summed E-state index contributed by atoms with van der Waals surface area (Å²) in [4.78, 5) is 11.5. The highest BCUT2D eigenvalue weighted by molar-refractivity contribution is 6.03. The van der Waals surface area contributed by atoms with Gasteiger partial charge in [0, 0.05) is 0 Å². The summed E-state index contributed by atoms with van der Waals surface area (Å²) in [5, 5.41) is 9.38. The number of hydrogen-bond acceptors (Lipinski definition) is 3. The summed E-state index contributed by atoms with van der Waals surface area (Å²) in [6.45, 7) is 1.57. The molecule has 14 heavy (non-hydrogen) atoms. The molecule has 1 aliphatic rings. The lowest BCUT2D eigenvalue weighted by Gasteiger charge is -2.26. The molecule has 0 amide bonds. The van der Waals surface area contributed by atoms with Crippen molar-refractivity contribution in [2.45, 2.75) is 19.1 Å². The lowest BCUT2D eigenvalue weighted by atomic mass is 9.98. The fourth-order valence-corrected chi connectivity index (χ4v) is 1.47. The molecule has 0 bridgehead atoms. The number of hydrogen-bond donors (Lipinski definition) is 1. The number of carbonyl (C=O) groups excluding carboxylic acids is 1. The first-order valence-electron chi connectivity index (χ1n) is 4.28. The van der Waals surface area contributed by atoms with Crippen molar-refractivity contribution in [1.29, 1.82) is 0 Å². The van der Waals surface area contributed by atoms with Crippen LogP contribution in [-0.2, 0) is 0 Å². The highest BCUT2D eigenvalue weighted by atomic mass is 19.1. The Kier molecular flexibility index (Phi) is 2.00. The topological polar surface area (TPSA) is 46.5 Å². The van der Waals surface area contributed by atoms with Gasteiger partial charge < -0.3 is 9.84 Å². The molecule has 2 unspecified atom stereocenters. The number of aliphatic hydroxyl groups is 1. The van der Waals surface area contributed by atoms with E-state index < -0.39 is 23.8 Å². The molecule has 1 N–H and O–H groups in total. The Hall–Kier alpha value is -1.42. The molecule has 0 aliphatic carbocycles. The standard InChI is InChI=1S/C10H9FO3/c1-5-9(12)10(13)8-6(11)3-2-4-7(8)14-5/h2-5,9,12H,1H3.